The Hall–Kier alpha value is -1.22. The van der Waals surface area contributed by atoms with E-state index in [1.165, 1.54) is 49.7 Å². The number of Topliss-reactive ketones (excluding diaryl/α,β-unsaturated/α-hetero) is 1. The van der Waals surface area contributed by atoms with E-state index in [2.05, 4.69) is 39.8 Å². The summed E-state index contributed by atoms with van der Waals surface area (Å²) in [7, 11) is 0. The highest BCUT2D eigenvalue weighted by Crippen LogP contribution is 2.57. The summed E-state index contributed by atoms with van der Waals surface area (Å²) in [4.78, 5) is 14.9. The molecule has 0 aromatic heterocycles. The predicted octanol–water partition coefficient (Wildman–Crippen LogP) is 6.26. The highest BCUT2D eigenvalue weighted by molar-refractivity contribution is 7.71. The van der Waals surface area contributed by atoms with Crippen molar-refractivity contribution in [1.82, 2.24) is 0 Å². The van der Waals surface area contributed by atoms with Crippen molar-refractivity contribution in [3.63, 3.8) is 0 Å². The molecule has 0 N–H and O–H groups in total. The second-order valence-electron chi connectivity index (χ2n) is 10.7. The molecule has 29 heavy (non-hydrogen) atoms. The summed E-state index contributed by atoms with van der Waals surface area (Å²) >= 11 is 1.62. The molecule has 3 heteroatoms. The third-order valence-corrected chi connectivity index (χ3v) is 10.2. The zero-order valence-corrected chi connectivity index (χ0v) is 19.3. The number of aryl methyl sites for hydroxylation is 2. The van der Waals surface area contributed by atoms with Gasteiger partial charge in [-0.05, 0) is 117 Å². The molecule has 0 atom stereocenters. The number of nitrogens with zero attached hydrogens (tertiary/aromatic N) is 1. The van der Waals surface area contributed by atoms with E-state index in [-0.39, 0.29) is 16.7 Å². The molecule has 156 valence electrons. The zero-order chi connectivity index (χ0) is 20.4. The number of carbonyl (C=O) groups is 1. The van der Waals surface area contributed by atoms with Gasteiger partial charge >= 0.3 is 0 Å². The molecule has 0 radical (unpaired) electrons. The first-order chi connectivity index (χ1) is 13.9. The van der Waals surface area contributed by atoms with Crippen LogP contribution in [-0.4, -0.2) is 16.2 Å². The highest BCUT2D eigenvalue weighted by atomic mass is 32.1. The Morgan fingerprint density at radius 1 is 0.966 bits per heavy atom. The van der Waals surface area contributed by atoms with Crippen molar-refractivity contribution >= 4 is 21.8 Å². The van der Waals surface area contributed by atoms with Gasteiger partial charge in [-0.3, -0.25) is 4.79 Å². The van der Waals surface area contributed by atoms with Gasteiger partial charge in [0, 0.05) is 11.0 Å². The number of hydrogen-bond donors (Lipinski definition) is 0. The molecule has 6 rings (SSSR count). The molecule has 4 bridgehead atoms. The molecular formula is C26H35NOS. The minimum atomic E-state index is -0.0426. The zero-order valence-electron chi connectivity index (χ0n) is 18.5. The van der Waals surface area contributed by atoms with Gasteiger partial charge < -0.3 is 0 Å². The van der Waals surface area contributed by atoms with Crippen molar-refractivity contribution in [3.05, 3.63) is 34.4 Å². The molecule has 0 saturated heterocycles. The predicted molar refractivity (Wildman–Crippen MR) is 123 cm³/mol. The first-order valence-corrected chi connectivity index (χ1v) is 12.6. The Kier molecular flexibility index (Phi) is 4.70. The number of hydrogen-bond acceptors (Lipinski definition) is 2. The molecule has 4 saturated carbocycles. The molecule has 0 heterocycles. The second kappa shape index (κ2) is 6.90. The molecule has 2 nitrogen and oxygen atoms in total. The number of ketones is 1. The lowest BCUT2D eigenvalue weighted by molar-refractivity contribution is 0.00291. The van der Waals surface area contributed by atoms with Gasteiger partial charge in [-0.1, -0.05) is 26.0 Å². The lowest BCUT2D eigenvalue weighted by Gasteiger charge is -2.54. The van der Waals surface area contributed by atoms with Gasteiger partial charge in [-0.2, -0.15) is 0 Å². The van der Waals surface area contributed by atoms with E-state index in [1.54, 1.807) is 11.1 Å². The van der Waals surface area contributed by atoms with E-state index in [0.717, 1.165) is 53.0 Å². The molecule has 5 aliphatic carbocycles. The van der Waals surface area contributed by atoms with Crippen LogP contribution in [0.3, 0.4) is 0 Å². The molecular weight excluding hydrogens is 374 g/mol. The Morgan fingerprint density at radius 2 is 1.52 bits per heavy atom. The van der Waals surface area contributed by atoms with Crippen molar-refractivity contribution in [3.8, 4) is 0 Å². The number of fused-ring (bicyclic) bond motifs is 1. The molecule has 0 amide bonds. The van der Waals surface area contributed by atoms with Crippen LogP contribution in [0.4, 0.5) is 0 Å². The lowest BCUT2D eigenvalue weighted by Crippen LogP contribution is -2.49. The van der Waals surface area contributed by atoms with E-state index >= 15 is 0 Å². The summed E-state index contributed by atoms with van der Waals surface area (Å²) in [6.45, 7) is 8.79. The van der Waals surface area contributed by atoms with Gasteiger partial charge in [-0.25, -0.2) is 4.36 Å². The van der Waals surface area contributed by atoms with Gasteiger partial charge in [-0.15, -0.1) is 0 Å². The van der Waals surface area contributed by atoms with Crippen molar-refractivity contribution in [2.45, 2.75) is 91.0 Å². The van der Waals surface area contributed by atoms with Gasteiger partial charge in [0.05, 0.1) is 10.4 Å². The third kappa shape index (κ3) is 3.02. The molecule has 0 spiro atoms. The molecule has 4 fully saturated rings. The maximum atomic E-state index is 13.8. The van der Waals surface area contributed by atoms with Crippen LogP contribution in [0, 0.1) is 37.0 Å². The van der Waals surface area contributed by atoms with Crippen LogP contribution < -0.4 is 0 Å². The Labute approximate surface area is 179 Å². The topological polar surface area (TPSA) is 29.4 Å². The molecule has 0 unspecified atom stereocenters. The Morgan fingerprint density at radius 3 is 2.07 bits per heavy atom. The van der Waals surface area contributed by atoms with Crippen LogP contribution in [0.15, 0.2) is 16.5 Å². The normalized spacial score (nSPS) is 34.3. The third-order valence-electron chi connectivity index (χ3n) is 8.88. The minimum absolute atomic E-state index is 0.0426. The van der Waals surface area contributed by atoms with Crippen LogP contribution in [0.5, 0.6) is 0 Å². The second-order valence-corrected chi connectivity index (χ2v) is 11.5. The standard InChI is InChI=1S/C26H35NOS/c1-5-25(6-2)15-21-16(3)7-8-17(4)22(21)23(28)24(25)29-27-26-12-18-9-19(13-26)11-20(10-18)14-26/h7-8,18-20H,5-6,9-15H2,1-4H3. The number of carbonyl (C=O) groups excluding carboxylic acids is 1. The quantitative estimate of drug-likeness (QED) is 0.542. The maximum Gasteiger partial charge on any atom is 0.201 e. The van der Waals surface area contributed by atoms with E-state index in [9.17, 15) is 4.79 Å². The van der Waals surface area contributed by atoms with E-state index < -0.39 is 0 Å². The Balaban J connectivity index is 1.63. The molecule has 1 aromatic carbocycles. The van der Waals surface area contributed by atoms with Gasteiger partial charge in [0.25, 0.3) is 0 Å². The largest absolute Gasteiger partial charge is 0.288 e. The van der Waals surface area contributed by atoms with E-state index in [4.69, 9.17) is 4.36 Å². The van der Waals surface area contributed by atoms with Gasteiger partial charge in [0.1, 0.15) is 0 Å². The van der Waals surface area contributed by atoms with Crippen LogP contribution in [0.25, 0.3) is 0 Å². The summed E-state index contributed by atoms with van der Waals surface area (Å²) < 4.78 is 5.36. The molecule has 5 aliphatic rings. The fourth-order valence-electron chi connectivity index (χ4n) is 7.46. The summed E-state index contributed by atoms with van der Waals surface area (Å²) in [5.74, 6) is 2.95. The maximum absolute atomic E-state index is 13.8. The van der Waals surface area contributed by atoms with Gasteiger partial charge in [0.2, 0.25) is 5.78 Å². The average molecular weight is 410 g/mol. The van der Waals surface area contributed by atoms with E-state index in [1.807, 2.05) is 0 Å². The number of benzene rings is 1. The summed E-state index contributed by atoms with van der Waals surface area (Å²) in [6.07, 6.45) is 11.2. The van der Waals surface area contributed by atoms with Crippen molar-refractivity contribution in [1.29, 1.82) is 0 Å². The summed E-state index contributed by atoms with van der Waals surface area (Å²) in [5, 5.41) is 0. The fraction of sp³-hybridized carbons (Fsp3) is 0.692. The fourth-order valence-corrected chi connectivity index (χ4v) is 8.71. The minimum Gasteiger partial charge on any atom is -0.288 e. The lowest BCUT2D eigenvalue weighted by atomic mass is 9.53. The van der Waals surface area contributed by atoms with Crippen molar-refractivity contribution in [2.24, 2.45) is 27.5 Å². The van der Waals surface area contributed by atoms with E-state index in [0.29, 0.717) is 0 Å². The van der Waals surface area contributed by atoms with Crippen LogP contribution in [-0.2, 0) is 17.6 Å². The van der Waals surface area contributed by atoms with Gasteiger partial charge in [0.15, 0.2) is 0 Å². The van der Waals surface area contributed by atoms with Crippen molar-refractivity contribution in [2.75, 3.05) is 0 Å². The SMILES string of the molecule is CCC1(CC)Cc2c(C)ccc(C)c2C(=O)C1=S=NC12CC3CC(CC(C3)C1)C2. The van der Waals surface area contributed by atoms with Crippen LogP contribution in [0.1, 0.15) is 92.3 Å². The van der Waals surface area contributed by atoms with Crippen LogP contribution >= 0.6 is 0 Å². The smallest absolute Gasteiger partial charge is 0.201 e. The summed E-state index contributed by atoms with van der Waals surface area (Å²) in [6, 6.07) is 4.31. The monoisotopic (exact) mass is 409 g/mol. The first-order valence-electron chi connectivity index (χ1n) is 11.8. The molecule has 1 aromatic rings. The number of rotatable bonds is 3. The van der Waals surface area contributed by atoms with Crippen LogP contribution in [0.2, 0.25) is 0 Å². The first kappa shape index (κ1) is 19.7. The highest BCUT2D eigenvalue weighted by Gasteiger charge is 2.51. The molecule has 0 aliphatic heterocycles. The average Bonchev–Trinajstić information content (AvgIpc) is 2.68. The Bertz CT molecular complexity index is 897. The summed E-state index contributed by atoms with van der Waals surface area (Å²) in [5.41, 5.74) is 4.78. The van der Waals surface area contributed by atoms with Crippen molar-refractivity contribution < 1.29 is 4.79 Å².